The Morgan fingerprint density at radius 2 is 2.00 bits per heavy atom. The van der Waals surface area contributed by atoms with E-state index in [2.05, 4.69) is 25.3 Å². The summed E-state index contributed by atoms with van der Waals surface area (Å²) in [4.78, 5) is 16.4. The van der Waals surface area contributed by atoms with Crippen molar-refractivity contribution in [3.05, 3.63) is 28.2 Å². The van der Waals surface area contributed by atoms with Gasteiger partial charge in [-0.3, -0.25) is 4.99 Å². The van der Waals surface area contributed by atoms with E-state index in [4.69, 9.17) is 28.9 Å². The Morgan fingerprint density at radius 3 is 2.79 bits per heavy atom. The number of nitrogens with one attached hydrogen (secondary N) is 1. The first-order valence-electron chi connectivity index (χ1n) is 5.37. The number of guanidine groups is 1. The van der Waals surface area contributed by atoms with Gasteiger partial charge >= 0.3 is 0 Å². The van der Waals surface area contributed by atoms with Gasteiger partial charge in [-0.2, -0.15) is 9.98 Å². The van der Waals surface area contributed by atoms with Gasteiger partial charge in [-0.05, 0) is 18.2 Å². The van der Waals surface area contributed by atoms with Crippen LogP contribution in [0.3, 0.4) is 0 Å². The lowest BCUT2D eigenvalue weighted by molar-refractivity contribution is 1.11. The van der Waals surface area contributed by atoms with Crippen molar-refractivity contribution in [1.82, 2.24) is 0 Å². The molecule has 19 heavy (non-hydrogen) atoms. The van der Waals surface area contributed by atoms with Crippen molar-refractivity contribution >= 4 is 52.9 Å². The molecule has 8 heteroatoms. The minimum atomic E-state index is -0.362. The smallest absolute Gasteiger partial charge is 0.230 e. The first-order chi connectivity index (χ1) is 9.13. The summed E-state index contributed by atoms with van der Waals surface area (Å²) >= 11 is 11.8. The van der Waals surface area contributed by atoms with E-state index in [0.29, 0.717) is 33.4 Å². The van der Waals surface area contributed by atoms with Crippen LogP contribution in [-0.4, -0.2) is 30.0 Å². The molecule has 6 nitrogen and oxygen atoms in total. The summed E-state index contributed by atoms with van der Waals surface area (Å²) in [5, 5.41) is 3.92. The van der Waals surface area contributed by atoms with Crippen molar-refractivity contribution in [1.29, 1.82) is 0 Å². The third-order valence-electron chi connectivity index (χ3n) is 2.56. The highest BCUT2D eigenvalue weighted by atomic mass is 35.5. The third kappa shape index (κ3) is 2.32. The summed E-state index contributed by atoms with van der Waals surface area (Å²) in [5.74, 6) is 1.22. The second-order valence-electron chi connectivity index (χ2n) is 3.88. The maximum Gasteiger partial charge on any atom is 0.230 e. The Kier molecular flexibility index (Phi) is 2.96. The van der Waals surface area contributed by atoms with Crippen LogP contribution in [0.2, 0.25) is 10.0 Å². The first-order valence-corrected chi connectivity index (χ1v) is 6.13. The molecule has 0 amide bonds. The quantitative estimate of drug-likeness (QED) is 0.829. The molecule has 0 fully saturated rings. The van der Waals surface area contributed by atoms with Gasteiger partial charge in [-0.15, -0.1) is 0 Å². The van der Waals surface area contributed by atoms with E-state index in [1.54, 1.807) is 18.2 Å². The number of rotatable bonds is 1. The molecular formula is C11H8Cl2N6. The number of benzene rings is 1. The average molecular weight is 295 g/mol. The second kappa shape index (κ2) is 4.64. The van der Waals surface area contributed by atoms with Crippen molar-refractivity contribution in [3.8, 4) is 0 Å². The van der Waals surface area contributed by atoms with Gasteiger partial charge < -0.3 is 11.1 Å². The lowest BCUT2D eigenvalue weighted by Gasteiger charge is -2.15. The number of hydrogen-bond acceptors (Lipinski definition) is 6. The monoisotopic (exact) mass is 294 g/mol. The standard InChI is InChI=1S/C11H8Cl2N6/c12-6-2-1-5(3-7(6)13)17-11-18-9(14)8-10(19-11)16-4-15-8/h1-4,8H,(H3,14,15,16,17,18,19). The summed E-state index contributed by atoms with van der Waals surface area (Å²) in [6.07, 6.45) is 1.42. The predicted octanol–water partition coefficient (Wildman–Crippen LogP) is 1.94. The Balaban J connectivity index is 1.86. The van der Waals surface area contributed by atoms with Crippen LogP contribution in [0, 0.1) is 0 Å². The van der Waals surface area contributed by atoms with Gasteiger partial charge in [0.15, 0.2) is 11.9 Å². The molecule has 1 aromatic rings. The van der Waals surface area contributed by atoms with Crippen LogP contribution in [-0.2, 0) is 0 Å². The molecule has 1 unspecified atom stereocenters. The Bertz CT molecular complexity index is 661. The van der Waals surface area contributed by atoms with Gasteiger partial charge in [0.25, 0.3) is 0 Å². The number of nitrogens with two attached hydrogens (primary N) is 1. The third-order valence-corrected chi connectivity index (χ3v) is 3.30. The fraction of sp³-hybridized carbons (Fsp3) is 0.0909. The normalized spacial score (nSPS) is 20.5. The zero-order chi connectivity index (χ0) is 13.4. The van der Waals surface area contributed by atoms with Crippen molar-refractivity contribution in [2.75, 3.05) is 5.32 Å². The summed E-state index contributed by atoms with van der Waals surface area (Å²) < 4.78 is 0. The highest BCUT2D eigenvalue weighted by Gasteiger charge is 2.26. The summed E-state index contributed by atoms with van der Waals surface area (Å²) in [7, 11) is 0. The van der Waals surface area contributed by atoms with E-state index in [1.165, 1.54) is 6.34 Å². The number of hydrogen-bond donors (Lipinski definition) is 2. The van der Waals surface area contributed by atoms with Crippen LogP contribution >= 0.6 is 23.2 Å². The van der Waals surface area contributed by atoms with Crippen LogP contribution in [0.25, 0.3) is 0 Å². The zero-order valence-electron chi connectivity index (χ0n) is 9.51. The Morgan fingerprint density at radius 1 is 1.16 bits per heavy atom. The first kappa shape index (κ1) is 12.1. The Hall–Kier alpha value is -1.92. The van der Waals surface area contributed by atoms with E-state index in [-0.39, 0.29) is 6.04 Å². The molecule has 3 N–H and O–H groups in total. The van der Waals surface area contributed by atoms with Crippen LogP contribution in [0.5, 0.6) is 0 Å². The van der Waals surface area contributed by atoms with E-state index < -0.39 is 0 Å². The van der Waals surface area contributed by atoms with Gasteiger partial charge in [-0.25, -0.2) is 4.99 Å². The zero-order valence-corrected chi connectivity index (χ0v) is 11.0. The topological polar surface area (TPSA) is 87.5 Å². The summed E-state index contributed by atoms with van der Waals surface area (Å²) in [5.41, 5.74) is 6.52. The molecule has 96 valence electrons. The number of anilines is 1. The van der Waals surface area contributed by atoms with Crippen LogP contribution in [0.4, 0.5) is 5.69 Å². The van der Waals surface area contributed by atoms with Gasteiger partial charge in [-0.1, -0.05) is 23.2 Å². The Labute approximate surface area is 118 Å². The lowest BCUT2D eigenvalue weighted by atomic mass is 10.2. The van der Waals surface area contributed by atoms with Crippen molar-refractivity contribution in [2.45, 2.75) is 6.04 Å². The van der Waals surface area contributed by atoms with E-state index in [0.717, 1.165) is 0 Å². The molecule has 3 rings (SSSR count). The number of amidine groups is 2. The van der Waals surface area contributed by atoms with Gasteiger partial charge in [0, 0.05) is 5.69 Å². The van der Waals surface area contributed by atoms with Crippen LogP contribution < -0.4 is 11.1 Å². The molecule has 1 aromatic carbocycles. The molecule has 0 aliphatic carbocycles. The largest absolute Gasteiger partial charge is 0.385 e. The van der Waals surface area contributed by atoms with Crippen molar-refractivity contribution < 1.29 is 0 Å². The molecule has 2 heterocycles. The van der Waals surface area contributed by atoms with E-state index in [1.807, 2.05) is 0 Å². The fourth-order valence-electron chi connectivity index (χ4n) is 1.67. The summed E-state index contributed by atoms with van der Waals surface area (Å²) in [6.45, 7) is 0. The number of nitrogens with zero attached hydrogens (tertiary/aromatic N) is 4. The lowest BCUT2D eigenvalue weighted by Crippen LogP contribution is -2.37. The van der Waals surface area contributed by atoms with E-state index in [9.17, 15) is 0 Å². The molecule has 0 bridgehead atoms. The molecule has 1 atom stereocenters. The minimum Gasteiger partial charge on any atom is -0.385 e. The van der Waals surface area contributed by atoms with Gasteiger partial charge in [0.1, 0.15) is 12.2 Å². The molecule has 0 saturated heterocycles. The fourth-order valence-corrected chi connectivity index (χ4v) is 1.97. The molecule has 2 aliphatic heterocycles. The number of fused-ring (bicyclic) bond motifs is 1. The van der Waals surface area contributed by atoms with Gasteiger partial charge in [0.2, 0.25) is 5.96 Å². The maximum atomic E-state index is 5.93. The average Bonchev–Trinajstić information content (AvgIpc) is 2.82. The molecule has 2 aliphatic rings. The molecule has 0 aromatic heterocycles. The maximum absolute atomic E-state index is 5.93. The van der Waals surface area contributed by atoms with Crippen molar-refractivity contribution in [2.24, 2.45) is 25.7 Å². The van der Waals surface area contributed by atoms with Gasteiger partial charge in [0.05, 0.1) is 10.0 Å². The predicted molar refractivity (Wildman–Crippen MR) is 78.9 cm³/mol. The highest BCUT2D eigenvalue weighted by molar-refractivity contribution is 6.42. The highest BCUT2D eigenvalue weighted by Crippen LogP contribution is 2.25. The van der Waals surface area contributed by atoms with Crippen LogP contribution in [0.1, 0.15) is 0 Å². The number of aliphatic imine (C=N–C) groups is 4. The number of halogens is 2. The summed E-state index contributed by atoms with van der Waals surface area (Å²) in [6, 6.07) is 4.76. The molecule has 0 saturated carbocycles. The van der Waals surface area contributed by atoms with E-state index >= 15 is 0 Å². The minimum absolute atomic E-state index is 0.344. The molecular weight excluding hydrogens is 287 g/mol. The SMILES string of the molecule is NC1=NC(Nc2ccc(Cl)c(Cl)c2)=NC2=NC=NC12. The molecule has 0 radical (unpaired) electrons. The molecule has 0 spiro atoms. The van der Waals surface area contributed by atoms with Crippen molar-refractivity contribution in [3.63, 3.8) is 0 Å². The second-order valence-corrected chi connectivity index (χ2v) is 4.69. The van der Waals surface area contributed by atoms with Crippen LogP contribution in [0.15, 0.2) is 38.2 Å².